The lowest BCUT2D eigenvalue weighted by Gasteiger charge is -2.48. The van der Waals surface area contributed by atoms with Crippen molar-refractivity contribution in [3.05, 3.63) is 173 Å². The molecule has 4 amide bonds. The van der Waals surface area contributed by atoms with Gasteiger partial charge in [-0.1, -0.05) is 108 Å². The zero-order chi connectivity index (χ0) is 77.1. The molecule has 17 atom stereocenters. The van der Waals surface area contributed by atoms with Crippen molar-refractivity contribution in [1.82, 2.24) is 21.3 Å². The molecule has 14 rings (SSSR count). The molecule has 107 heavy (non-hydrogen) atoms. The van der Waals surface area contributed by atoms with E-state index in [9.17, 15) is 75.3 Å². The van der Waals surface area contributed by atoms with Crippen molar-refractivity contribution in [3.63, 3.8) is 0 Å². The van der Waals surface area contributed by atoms with Crippen LogP contribution < -0.4 is 40.2 Å². The molecule has 5 aromatic carbocycles. The van der Waals surface area contributed by atoms with Gasteiger partial charge in [-0.25, -0.2) is 0 Å². The molecule has 27 nitrogen and oxygen atoms in total. The first-order valence-electron chi connectivity index (χ1n) is 34.4. The second-order valence-corrected chi connectivity index (χ2v) is 28.5. The highest BCUT2D eigenvalue weighted by Crippen LogP contribution is 2.60. The molecule has 10 bridgehead atoms. The fourth-order valence-electron chi connectivity index (χ4n) is 14.3. The number of aryl methyl sites for hydroxylation is 4. The number of hydrogen-bond donors (Lipinski definition) is 15. The Kier molecular flexibility index (Phi) is 22.1. The van der Waals surface area contributed by atoms with Gasteiger partial charge in [-0.3, -0.25) is 19.2 Å². The number of halogens is 2. The van der Waals surface area contributed by atoms with Crippen molar-refractivity contribution < 1.29 is 113 Å². The minimum absolute atomic E-state index is 0.00112. The van der Waals surface area contributed by atoms with E-state index < -0.39 is 132 Å². The van der Waals surface area contributed by atoms with E-state index in [2.05, 4.69) is 44.9 Å². The Morgan fingerprint density at radius 3 is 1.79 bits per heavy atom. The number of aromatic hydroxyl groups is 2. The van der Waals surface area contributed by atoms with Crippen LogP contribution in [0.1, 0.15) is 122 Å². The Hall–Kier alpha value is -9.08. The number of amides is 4. The molecule has 2 saturated heterocycles. The third-order valence-electron chi connectivity index (χ3n) is 20.9. The van der Waals surface area contributed by atoms with Crippen LogP contribution in [0, 0.1) is 51.4 Å². The van der Waals surface area contributed by atoms with Crippen molar-refractivity contribution in [2.75, 3.05) is 40.5 Å². The largest absolute Gasteiger partial charge is 0.507 e. The predicted octanol–water partition coefficient (Wildman–Crippen LogP) is 4.14. The topological polar surface area (TPSA) is 413 Å². The van der Waals surface area contributed by atoms with Gasteiger partial charge in [-0.15, -0.1) is 0 Å². The number of aliphatic hydroxyl groups is 9. The summed E-state index contributed by atoms with van der Waals surface area (Å²) in [5.74, 6) is 8.82. The zero-order valence-electron chi connectivity index (χ0n) is 59.3. The van der Waals surface area contributed by atoms with Crippen molar-refractivity contribution in [3.8, 4) is 58.2 Å². The van der Waals surface area contributed by atoms with Crippen molar-refractivity contribution >= 4 is 58.5 Å². The Morgan fingerprint density at radius 2 is 1.18 bits per heavy atom. The number of ether oxygens (including phenoxy) is 8. The van der Waals surface area contributed by atoms with Crippen LogP contribution in [0.4, 0.5) is 0 Å². The van der Waals surface area contributed by atoms with E-state index >= 15 is 0 Å². The Balaban J connectivity index is 0.000000200. The van der Waals surface area contributed by atoms with Crippen LogP contribution >= 0.6 is 23.2 Å². The molecule has 4 aliphatic carbocycles. The van der Waals surface area contributed by atoms with E-state index in [4.69, 9.17) is 61.1 Å². The van der Waals surface area contributed by atoms with Crippen molar-refractivity contribution in [1.29, 1.82) is 0 Å². The summed E-state index contributed by atoms with van der Waals surface area (Å²) in [7, 11) is 2.78. The van der Waals surface area contributed by atoms with Gasteiger partial charge in [0.25, 0.3) is 11.8 Å². The van der Waals surface area contributed by atoms with E-state index in [1.54, 1.807) is 94.4 Å². The van der Waals surface area contributed by atoms with Gasteiger partial charge in [-0.2, -0.15) is 0 Å². The molecular weight excluding hydrogens is 1430 g/mol. The molecule has 5 aromatic rings. The molecule has 0 saturated carbocycles. The number of hydrogen-bond acceptors (Lipinski definition) is 23. The summed E-state index contributed by atoms with van der Waals surface area (Å²) in [5.41, 5.74) is -3.12. The molecule has 566 valence electrons. The number of carbonyl (C=O) groups is 4. The summed E-state index contributed by atoms with van der Waals surface area (Å²) in [4.78, 5) is 52.0. The highest BCUT2D eigenvalue weighted by molar-refractivity contribution is 6.34. The monoisotopic (exact) mass is 1510 g/mol. The van der Waals surface area contributed by atoms with E-state index in [0.29, 0.717) is 50.1 Å². The summed E-state index contributed by atoms with van der Waals surface area (Å²) < 4.78 is 49.5. The van der Waals surface area contributed by atoms with Gasteiger partial charge in [0.2, 0.25) is 11.8 Å². The van der Waals surface area contributed by atoms with Crippen LogP contribution in [0.15, 0.2) is 102 Å². The molecule has 15 N–H and O–H groups in total. The van der Waals surface area contributed by atoms with Gasteiger partial charge in [0.05, 0.1) is 91.5 Å². The van der Waals surface area contributed by atoms with Crippen LogP contribution in [0.3, 0.4) is 0 Å². The second kappa shape index (κ2) is 30.5. The van der Waals surface area contributed by atoms with Crippen LogP contribution in [-0.4, -0.2) is 204 Å². The minimum Gasteiger partial charge on any atom is -0.507 e. The van der Waals surface area contributed by atoms with Gasteiger partial charge in [0.1, 0.15) is 41.0 Å². The first kappa shape index (κ1) is 77.5. The molecule has 17 unspecified atom stereocenters. The maximum Gasteiger partial charge on any atom is 0.255 e. The zero-order valence-corrected chi connectivity index (χ0v) is 60.8. The number of fused-ring (bicyclic) bond motifs is 13. The molecule has 0 radical (unpaired) electrons. The lowest BCUT2D eigenvalue weighted by atomic mass is 9.84. The standard InChI is InChI=1S/C39H41ClN2O12.C39H41ClN2O11/c1-19-5-6-20(2)33(47)31(19)36(49)42-27-18-52-37(35(48)38(27,3)50)54-39-22(9-13-28(39)45)8-7-21-15-16-41-30(46)17-25(44)23-10-12-26(51-4)34(32(23)40)53-29(39)14-11-24(21)43;1-18-5-6-19(2)32(46)30(18)36(48)42-27-17-51-37(34(47)38(27,3)49)53-39-24(11-13-28(39)44)23-15-21-7-10-22(23)35(39)52-33-26(50-4)12-8-20(31(33)40)9-14-29(45)41-16-25(21)43/h5-6,9-10,12,15,24-25,27-29,35,37,43-45,47-48,50H,13,16-18H2,1-4H3,(H,41,46)(H,42,49);5-12,14-15,25,27-28,34-35,37,43-44,46-47,49H,13,16-17H2,1-4H3,(H,41,45)(H,42,48)/b21-15-;14-9+. The normalized spacial score (nSPS) is 32.0. The van der Waals surface area contributed by atoms with Crippen molar-refractivity contribution in [2.45, 2.75) is 163 Å². The van der Waals surface area contributed by atoms with Crippen LogP contribution in [0.5, 0.6) is 34.5 Å². The van der Waals surface area contributed by atoms with E-state index in [1.165, 1.54) is 58.4 Å². The first-order valence-corrected chi connectivity index (χ1v) is 35.1. The van der Waals surface area contributed by atoms with E-state index in [1.807, 2.05) is 0 Å². The Labute approximate surface area is 624 Å². The SMILES string of the molecule is COc1ccc2c(Cl)c1OC1C#CC(O)/C(=C\CNC(=O)CC2O)C#CC2=CCC(O)C21OC1OCC(NC(=O)c2c(C)ccc(C)c2O)C(C)(O)C1O.COc1ccc2c(Cl)c1OC1c3ccc(cc3C3=CCC(O)C31OC1OCC(NC(=O)c3c(C)ccc(C)c3O)C(C)(O)C1O)C(O)CNC(=O)/C=C/2. The third kappa shape index (κ3) is 14.2. The van der Waals surface area contributed by atoms with Crippen molar-refractivity contribution in [2.24, 2.45) is 0 Å². The molecular formula is C78H82Cl2N4O23. The van der Waals surface area contributed by atoms with E-state index in [-0.39, 0.29) is 111 Å². The Bertz CT molecular complexity index is 4670. The van der Waals surface area contributed by atoms with Gasteiger partial charge in [0.15, 0.2) is 59.0 Å². The quantitative estimate of drug-likeness (QED) is 0.0873. The van der Waals surface area contributed by atoms with Gasteiger partial charge >= 0.3 is 0 Å². The number of rotatable bonds is 10. The smallest absolute Gasteiger partial charge is 0.255 e. The number of carbonyl (C=O) groups excluding carboxylic acids is 4. The number of phenolic OH excluding ortho intramolecular Hbond substituents is 2. The highest BCUT2D eigenvalue weighted by Gasteiger charge is 2.64. The molecule has 0 aromatic heterocycles. The van der Waals surface area contributed by atoms with Crippen LogP contribution in [0.2, 0.25) is 10.0 Å². The van der Waals surface area contributed by atoms with Crippen LogP contribution in [-0.2, 0) is 28.5 Å². The number of benzene rings is 5. The number of aliphatic hydroxyl groups excluding tert-OH is 7. The molecule has 9 aliphatic rings. The summed E-state index contributed by atoms with van der Waals surface area (Å²) in [5, 5.41) is 136. The molecule has 0 spiro atoms. The molecule has 5 heterocycles. The lowest BCUT2D eigenvalue weighted by molar-refractivity contribution is -0.316. The highest BCUT2D eigenvalue weighted by atomic mass is 35.5. The molecule has 5 aliphatic heterocycles. The summed E-state index contributed by atoms with van der Waals surface area (Å²) in [6.45, 7) is 8.35. The number of nitrogens with one attached hydrogen (secondary N) is 4. The Morgan fingerprint density at radius 1 is 0.626 bits per heavy atom. The minimum atomic E-state index is -2.11. The first-order chi connectivity index (χ1) is 50.8. The summed E-state index contributed by atoms with van der Waals surface area (Å²) >= 11 is 13.7. The number of methoxy groups -OCH3 is 2. The summed E-state index contributed by atoms with van der Waals surface area (Å²) in [6.07, 6.45) is -9.03. The van der Waals surface area contributed by atoms with Crippen LogP contribution in [0.25, 0.3) is 11.6 Å². The van der Waals surface area contributed by atoms with E-state index in [0.717, 1.165) is 0 Å². The average Bonchev–Trinajstić information content (AvgIpc) is 1.54. The fourth-order valence-corrected chi connectivity index (χ4v) is 14.9. The molecule has 2 fully saturated rings. The summed E-state index contributed by atoms with van der Waals surface area (Å²) in [6, 6.07) is 15.7. The van der Waals surface area contributed by atoms with Gasteiger partial charge in [-0.05, 0) is 129 Å². The number of phenols is 2. The third-order valence-corrected chi connectivity index (χ3v) is 21.7. The predicted molar refractivity (Wildman–Crippen MR) is 385 cm³/mol. The maximum absolute atomic E-state index is 13.4. The maximum atomic E-state index is 13.4. The molecule has 29 heteroatoms. The second-order valence-electron chi connectivity index (χ2n) is 27.8. The van der Waals surface area contributed by atoms with Gasteiger partial charge < -0.3 is 115 Å². The van der Waals surface area contributed by atoms with Gasteiger partial charge in [0, 0.05) is 41.4 Å². The average molecular weight is 1510 g/mol. The fraction of sp³-hybridized carbons (Fsp3) is 0.410. The lowest BCUT2D eigenvalue weighted by Crippen LogP contribution is -2.69.